The third-order valence-electron chi connectivity index (χ3n) is 5.31. The molecule has 0 bridgehead atoms. The summed E-state index contributed by atoms with van der Waals surface area (Å²) in [6, 6.07) is 8.94. The number of aldehydes is 1. The average Bonchev–Trinajstić information content (AvgIpc) is 3.00. The molecule has 1 aliphatic rings. The zero-order valence-corrected chi connectivity index (χ0v) is 20.5. The van der Waals surface area contributed by atoms with E-state index in [0.29, 0.717) is 24.7 Å². The summed E-state index contributed by atoms with van der Waals surface area (Å²) in [4.78, 5) is 62.2. The first-order chi connectivity index (χ1) is 17.0. The molecule has 0 spiro atoms. The Morgan fingerprint density at radius 2 is 1.94 bits per heavy atom. The molecule has 9 nitrogen and oxygen atoms in total. The highest BCUT2D eigenvalue weighted by atomic mass is 31.0. The maximum absolute atomic E-state index is 13.3. The largest absolute Gasteiger partial charge is 0.361 e. The molecule has 3 unspecified atom stereocenters. The molecule has 36 heavy (non-hydrogen) atoms. The van der Waals surface area contributed by atoms with E-state index >= 15 is 0 Å². The molecule has 1 saturated heterocycles. The zero-order chi connectivity index (χ0) is 26.8. The van der Waals surface area contributed by atoms with Crippen molar-refractivity contribution in [2.45, 2.75) is 37.9 Å². The van der Waals surface area contributed by atoms with Gasteiger partial charge in [-0.3, -0.25) is 29.3 Å². The van der Waals surface area contributed by atoms with Gasteiger partial charge in [-0.25, -0.2) is 8.78 Å². The van der Waals surface area contributed by atoms with Gasteiger partial charge in [0, 0.05) is 31.1 Å². The molecule has 0 aromatic heterocycles. The molecule has 2 aromatic rings. The SMILES string of the molecule is CN(C(=O)c1cccc(CNC(=O)c2cccc(F)c2)c1C=O)C1CCCC(=O)NC1=O.OC(F)P. The van der Waals surface area contributed by atoms with Crippen LogP contribution in [0.2, 0.25) is 0 Å². The Kier molecular flexibility index (Phi) is 10.8. The van der Waals surface area contributed by atoms with Gasteiger partial charge in [-0.15, -0.1) is 0 Å². The lowest BCUT2D eigenvalue weighted by Gasteiger charge is -2.26. The lowest BCUT2D eigenvalue weighted by molar-refractivity contribution is -0.131. The van der Waals surface area contributed by atoms with Crippen LogP contribution in [0, 0.1) is 5.82 Å². The second-order valence-corrected chi connectivity index (χ2v) is 8.35. The molecule has 1 aliphatic heterocycles. The Labute approximate surface area is 208 Å². The van der Waals surface area contributed by atoms with Crippen LogP contribution >= 0.6 is 9.24 Å². The van der Waals surface area contributed by atoms with Gasteiger partial charge in [0.2, 0.25) is 17.9 Å². The minimum atomic E-state index is -1.75. The van der Waals surface area contributed by atoms with Crippen molar-refractivity contribution in [3.05, 3.63) is 70.5 Å². The van der Waals surface area contributed by atoms with Crippen molar-refractivity contribution in [2.75, 3.05) is 7.05 Å². The number of likely N-dealkylation sites (N-methyl/N-ethyl adjacent to an activating group) is 1. The average molecular weight is 521 g/mol. The van der Waals surface area contributed by atoms with Gasteiger partial charge >= 0.3 is 0 Å². The number of carbonyl (C=O) groups is 5. The summed E-state index contributed by atoms with van der Waals surface area (Å²) in [7, 11) is 2.99. The molecule has 3 atom stereocenters. The van der Waals surface area contributed by atoms with Gasteiger partial charge in [0.05, 0.1) is 5.56 Å². The van der Waals surface area contributed by atoms with E-state index in [1.807, 2.05) is 0 Å². The van der Waals surface area contributed by atoms with Crippen LogP contribution < -0.4 is 10.6 Å². The lowest BCUT2D eigenvalue weighted by Crippen LogP contribution is -2.47. The summed E-state index contributed by atoms with van der Waals surface area (Å²) in [5.41, 5.74) is 0.667. The number of amides is 4. The van der Waals surface area contributed by atoms with Gasteiger partial charge in [-0.2, -0.15) is 0 Å². The first-order valence-corrected chi connectivity index (χ1v) is 11.5. The van der Waals surface area contributed by atoms with Crippen LogP contribution in [0.3, 0.4) is 0 Å². The molecule has 3 rings (SSSR count). The summed E-state index contributed by atoms with van der Waals surface area (Å²) in [6.45, 7) is -0.0628. The van der Waals surface area contributed by atoms with Gasteiger partial charge in [0.15, 0.2) is 6.29 Å². The molecule has 1 fully saturated rings. The lowest BCUT2D eigenvalue weighted by atomic mass is 9.99. The molecule has 0 radical (unpaired) electrons. The second-order valence-electron chi connectivity index (χ2n) is 7.80. The number of nitrogens with zero attached hydrogens (tertiary/aromatic N) is 1. The second kappa shape index (κ2) is 13.5. The summed E-state index contributed by atoms with van der Waals surface area (Å²) in [5.74, 6) is -2.58. The van der Waals surface area contributed by atoms with Crippen molar-refractivity contribution < 1.29 is 37.9 Å². The Bertz CT molecular complexity index is 1140. The molecule has 192 valence electrons. The Morgan fingerprint density at radius 1 is 1.28 bits per heavy atom. The number of alkyl halides is 1. The van der Waals surface area contributed by atoms with Crippen LogP contribution in [0.15, 0.2) is 42.5 Å². The number of imide groups is 1. The normalized spacial score (nSPS) is 16.0. The number of halogens is 2. The first-order valence-electron chi connectivity index (χ1n) is 10.8. The summed E-state index contributed by atoms with van der Waals surface area (Å²) in [5, 5.41) is 12.2. The van der Waals surface area contributed by atoms with Gasteiger partial charge in [0.1, 0.15) is 11.9 Å². The highest BCUT2D eigenvalue weighted by Gasteiger charge is 2.31. The van der Waals surface area contributed by atoms with E-state index in [-0.39, 0.29) is 35.6 Å². The van der Waals surface area contributed by atoms with Crippen molar-refractivity contribution in [3.8, 4) is 0 Å². The molecular weight excluding hydrogens is 495 g/mol. The molecule has 0 saturated carbocycles. The van der Waals surface area contributed by atoms with Crippen LogP contribution in [0.5, 0.6) is 0 Å². The van der Waals surface area contributed by atoms with Crippen LogP contribution in [0.4, 0.5) is 8.78 Å². The fraction of sp³-hybridized carbons (Fsp3) is 0.292. The van der Waals surface area contributed by atoms with Gasteiger partial charge in [-0.05, 0) is 42.7 Å². The van der Waals surface area contributed by atoms with E-state index in [9.17, 15) is 32.8 Å². The maximum atomic E-state index is 13.3. The van der Waals surface area contributed by atoms with Crippen LogP contribution in [-0.4, -0.2) is 59.1 Å². The topological polar surface area (TPSA) is 133 Å². The van der Waals surface area contributed by atoms with E-state index in [4.69, 9.17) is 5.11 Å². The Hall–Kier alpha value is -3.56. The smallest absolute Gasteiger partial charge is 0.255 e. The van der Waals surface area contributed by atoms with Crippen molar-refractivity contribution >= 4 is 39.2 Å². The zero-order valence-electron chi connectivity index (χ0n) is 19.4. The summed E-state index contributed by atoms with van der Waals surface area (Å²) in [6.07, 6.45) is -0.266. The summed E-state index contributed by atoms with van der Waals surface area (Å²) < 4.78 is 23.9. The molecule has 3 N–H and O–H groups in total. The molecule has 4 amide bonds. The minimum Gasteiger partial charge on any atom is -0.361 e. The number of carbonyl (C=O) groups excluding carboxylic acids is 5. The fourth-order valence-electron chi connectivity index (χ4n) is 3.57. The fourth-order valence-corrected chi connectivity index (χ4v) is 3.57. The van der Waals surface area contributed by atoms with E-state index < -0.39 is 35.7 Å². The third-order valence-corrected chi connectivity index (χ3v) is 5.31. The van der Waals surface area contributed by atoms with Crippen LogP contribution in [0.25, 0.3) is 0 Å². The number of hydrogen-bond acceptors (Lipinski definition) is 6. The van der Waals surface area contributed by atoms with Gasteiger partial charge in [0.25, 0.3) is 11.8 Å². The number of hydrogen-bond donors (Lipinski definition) is 3. The standard InChI is InChI=1S/C23H22FN3O5.CH4FOP/c1-27(19-9-4-10-20(29)26-22(19)31)23(32)17-8-3-6-15(18(17)13-28)12-25-21(30)14-5-2-7-16(24)11-14;2-1(3)4/h2-3,5-8,11,13,19H,4,9-10,12H2,1H3,(H,25,30)(H,26,29,31);1,3H,4H2. The Morgan fingerprint density at radius 3 is 2.58 bits per heavy atom. The maximum Gasteiger partial charge on any atom is 0.255 e. The molecule has 12 heteroatoms. The number of aliphatic hydroxyl groups is 1. The number of benzene rings is 2. The third kappa shape index (κ3) is 8.00. The number of nitrogens with one attached hydrogen (secondary N) is 2. The summed E-state index contributed by atoms with van der Waals surface area (Å²) >= 11 is 0. The highest BCUT2D eigenvalue weighted by Crippen LogP contribution is 2.19. The van der Waals surface area contributed by atoms with Gasteiger partial charge in [-0.1, -0.05) is 27.4 Å². The van der Waals surface area contributed by atoms with Crippen molar-refractivity contribution in [3.63, 3.8) is 0 Å². The minimum absolute atomic E-state index is 0.0628. The van der Waals surface area contributed by atoms with E-state index in [0.717, 1.165) is 6.07 Å². The highest BCUT2D eigenvalue weighted by molar-refractivity contribution is 7.16. The van der Waals surface area contributed by atoms with Crippen LogP contribution in [0.1, 0.15) is 55.9 Å². The van der Waals surface area contributed by atoms with E-state index in [1.165, 1.54) is 36.2 Å². The predicted molar refractivity (Wildman–Crippen MR) is 129 cm³/mol. The van der Waals surface area contributed by atoms with Crippen molar-refractivity contribution in [1.29, 1.82) is 0 Å². The molecule has 0 aliphatic carbocycles. The molecule has 2 aromatic carbocycles. The quantitative estimate of drug-likeness (QED) is 0.302. The molecular formula is C24H26F2N3O6P. The van der Waals surface area contributed by atoms with Crippen molar-refractivity contribution in [2.24, 2.45) is 0 Å². The Balaban J connectivity index is 0.00000106. The van der Waals surface area contributed by atoms with Crippen LogP contribution in [-0.2, 0) is 16.1 Å². The van der Waals surface area contributed by atoms with Crippen molar-refractivity contribution in [1.82, 2.24) is 15.5 Å². The number of rotatable bonds is 6. The molecule has 1 heterocycles. The number of aliphatic hydroxyl groups excluding tert-OH is 1. The van der Waals surface area contributed by atoms with Gasteiger partial charge < -0.3 is 15.3 Å². The first kappa shape index (κ1) is 28.7. The van der Waals surface area contributed by atoms with E-state index in [2.05, 4.69) is 10.6 Å². The monoisotopic (exact) mass is 521 g/mol. The van der Waals surface area contributed by atoms with E-state index in [1.54, 1.807) is 21.4 Å². The predicted octanol–water partition coefficient (Wildman–Crippen LogP) is 1.94.